The number of carbonyl (C=O) groups excluding carboxylic acids is 2. The Labute approximate surface area is 206 Å². The van der Waals surface area contributed by atoms with Crippen molar-refractivity contribution in [3.05, 3.63) is 52.5 Å². The van der Waals surface area contributed by atoms with Gasteiger partial charge < -0.3 is 25.6 Å². The van der Waals surface area contributed by atoms with Gasteiger partial charge in [0.2, 0.25) is 0 Å². The number of ether oxygens (including phenoxy) is 1. The highest BCUT2D eigenvalue weighted by Crippen LogP contribution is 2.29. The molecule has 34 heavy (non-hydrogen) atoms. The zero-order chi connectivity index (χ0) is 24.1. The van der Waals surface area contributed by atoms with Crippen LogP contribution in [0.1, 0.15) is 48.5 Å². The van der Waals surface area contributed by atoms with Gasteiger partial charge in [0.05, 0.1) is 11.7 Å². The number of rotatable bonds is 6. The zero-order valence-corrected chi connectivity index (χ0v) is 20.6. The second-order valence-corrected chi connectivity index (χ2v) is 9.70. The molecule has 0 aromatic heterocycles. The summed E-state index contributed by atoms with van der Waals surface area (Å²) in [5.74, 6) is 0.534. The average Bonchev–Trinajstić information content (AvgIpc) is 3.34. The molecule has 7 nitrogen and oxygen atoms in total. The van der Waals surface area contributed by atoms with Gasteiger partial charge in [-0.3, -0.25) is 4.79 Å². The Morgan fingerprint density at radius 2 is 1.76 bits per heavy atom. The maximum absolute atomic E-state index is 13.2. The van der Waals surface area contributed by atoms with Gasteiger partial charge in [-0.15, -0.1) is 0 Å². The van der Waals surface area contributed by atoms with Crippen molar-refractivity contribution in [3.8, 4) is 0 Å². The molecule has 0 spiro atoms. The largest absolute Gasteiger partial charge is 0.376 e. The van der Waals surface area contributed by atoms with E-state index in [2.05, 4.69) is 27.8 Å². The van der Waals surface area contributed by atoms with E-state index >= 15 is 0 Å². The molecule has 2 aromatic rings. The number of nitrogens with one attached hydrogen (secondary N) is 3. The zero-order valence-electron chi connectivity index (χ0n) is 19.8. The molecule has 0 saturated carbocycles. The van der Waals surface area contributed by atoms with Gasteiger partial charge in [-0.05, 0) is 74.4 Å². The lowest BCUT2D eigenvalue weighted by molar-refractivity contribution is 0.0858. The molecule has 2 fully saturated rings. The van der Waals surface area contributed by atoms with E-state index in [0.717, 1.165) is 56.6 Å². The molecule has 3 amide bonds. The molecule has 4 rings (SSSR count). The molecule has 182 valence electrons. The highest BCUT2D eigenvalue weighted by Gasteiger charge is 2.23. The minimum absolute atomic E-state index is 0.0663. The van der Waals surface area contributed by atoms with Crippen molar-refractivity contribution in [2.24, 2.45) is 5.92 Å². The summed E-state index contributed by atoms with van der Waals surface area (Å²) < 4.78 is 5.65. The van der Waals surface area contributed by atoms with Crippen LogP contribution in [0.2, 0.25) is 5.02 Å². The maximum Gasteiger partial charge on any atom is 0.323 e. The summed E-state index contributed by atoms with van der Waals surface area (Å²) in [6, 6.07) is 10.5. The average molecular weight is 485 g/mol. The van der Waals surface area contributed by atoms with Gasteiger partial charge in [0.15, 0.2) is 0 Å². The third-order valence-electron chi connectivity index (χ3n) is 6.57. The lowest BCUT2D eigenvalue weighted by Gasteiger charge is -2.33. The number of hydrogen-bond acceptors (Lipinski definition) is 4. The first kappa shape index (κ1) is 24.4. The molecule has 2 aliphatic rings. The summed E-state index contributed by atoms with van der Waals surface area (Å²) in [7, 11) is 0. The van der Waals surface area contributed by atoms with Crippen LogP contribution in [0.25, 0.3) is 0 Å². The highest BCUT2D eigenvalue weighted by atomic mass is 35.5. The lowest BCUT2D eigenvalue weighted by Crippen LogP contribution is -2.36. The molecule has 0 bridgehead atoms. The van der Waals surface area contributed by atoms with E-state index < -0.39 is 6.03 Å². The number of nitrogens with zero attached hydrogens (tertiary/aromatic N) is 1. The molecule has 2 heterocycles. The maximum atomic E-state index is 13.2. The normalized spacial score (nSPS) is 18.6. The number of urea groups is 1. The van der Waals surface area contributed by atoms with Crippen LogP contribution in [0.5, 0.6) is 0 Å². The van der Waals surface area contributed by atoms with Gasteiger partial charge in [-0.2, -0.15) is 0 Å². The Hall–Kier alpha value is -2.77. The van der Waals surface area contributed by atoms with Crippen molar-refractivity contribution < 1.29 is 14.3 Å². The molecule has 1 atom stereocenters. The van der Waals surface area contributed by atoms with Gasteiger partial charge in [0.1, 0.15) is 0 Å². The van der Waals surface area contributed by atoms with Gasteiger partial charge in [0, 0.05) is 48.3 Å². The molecule has 0 radical (unpaired) electrons. The Kier molecular flexibility index (Phi) is 7.95. The summed E-state index contributed by atoms with van der Waals surface area (Å²) in [6.07, 6.45) is 4.24. The monoisotopic (exact) mass is 484 g/mol. The summed E-state index contributed by atoms with van der Waals surface area (Å²) in [5.41, 5.74) is 3.54. The number of halogens is 1. The summed E-state index contributed by atoms with van der Waals surface area (Å²) in [4.78, 5) is 28.0. The van der Waals surface area contributed by atoms with Gasteiger partial charge in [-0.1, -0.05) is 24.6 Å². The van der Waals surface area contributed by atoms with Crippen LogP contribution in [0.3, 0.4) is 0 Å². The Morgan fingerprint density at radius 1 is 1.06 bits per heavy atom. The fourth-order valence-electron chi connectivity index (χ4n) is 4.39. The van der Waals surface area contributed by atoms with Crippen LogP contribution in [-0.2, 0) is 4.74 Å². The quantitative estimate of drug-likeness (QED) is 0.510. The van der Waals surface area contributed by atoms with Crippen LogP contribution in [-0.4, -0.2) is 44.3 Å². The number of carbonyl (C=O) groups is 2. The fourth-order valence-corrected chi connectivity index (χ4v) is 4.57. The van der Waals surface area contributed by atoms with Crippen molar-refractivity contribution in [1.29, 1.82) is 0 Å². The minimum Gasteiger partial charge on any atom is -0.376 e. The number of aryl methyl sites for hydroxylation is 1. The van der Waals surface area contributed by atoms with Crippen LogP contribution < -0.4 is 20.9 Å². The lowest BCUT2D eigenvalue weighted by atomic mass is 9.97. The Balaban J connectivity index is 1.49. The third-order valence-corrected chi connectivity index (χ3v) is 6.97. The van der Waals surface area contributed by atoms with Gasteiger partial charge in [-0.25, -0.2) is 4.79 Å². The van der Waals surface area contributed by atoms with E-state index in [4.69, 9.17) is 16.3 Å². The van der Waals surface area contributed by atoms with E-state index in [1.807, 2.05) is 25.1 Å². The molecular formula is C26H33ClN4O3. The van der Waals surface area contributed by atoms with Crippen molar-refractivity contribution in [2.45, 2.75) is 45.6 Å². The number of piperidine rings is 1. The first-order valence-electron chi connectivity index (χ1n) is 12.0. The summed E-state index contributed by atoms with van der Waals surface area (Å²) in [5, 5.41) is 9.24. The van der Waals surface area contributed by atoms with E-state index in [-0.39, 0.29) is 12.0 Å². The number of amides is 3. The fraction of sp³-hybridized carbons (Fsp3) is 0.462. The molecule has 2 aromatic carbocycles. The van der Waals surface area contributed by atoms with Gasteiger partial charge in [0.25, 0.3) is 5.91 Å². The molecular weight excluding hydrogens is 452 g/mol. The first-order chi connectivity index (χ1) is 16.4. The molecule has 0 aliphatic carbocycles. The van der Waals surface area contributed by atoms with Crippen molar-refractivity contribution >= 4 is 40.6 Å². The molecule has 2 saturated heterocycles. The second kappa shape index (κ2) is 11.1. The smallest absolute Gasteiger partial charge is 0.323 e. The number of benzene rings is 2. The predicted octanol–water partition coefficient (Wildman–Crippen LogP) is 5.44. The number of anilines is 3. The van der Waals surface area contributed by atoms with E-state index in [1.165, 1.54) is 0 Å². The first-order valence-corrected chi connectivity index (χ1v) is 12.4. The third kappa shape index (κ3) is 6.21. The van der Waals surface area contributed by atoms with Crippen molar-refractivity contribution in [3.63, 3.8) is 0 Å². The number of hydrogen-bond donors (Lipinski definition) is 3. The van der Waals surface area contributed by atoms with Crippen LogP contribution >= 0.6 is 11.6 Å². The molecule has 0 unspecified atom stereocenters. The van der Waals surface area contributed by atoms with E-state index in [0.29, 0.717) is 34.4 Å². The van der Waals surface area contributed by atoms with E-state index in [1.54, 1.807) is 18.2 Å². The Bertz CT molecular complexity index is 1030. The molecule has 8 heteroatoms. The van der Waals surface area contributed by atoms with Gasteiger partial charge >= 0.3 is 6.03 Å². The summed E-state index contributed by atoms with van der Waals surface area (Å²) in [6.45, 7) is 7.23. The summed E-state index contributed by atoms with van der Waals surface area (Å²) >= 11 is 6.16. The van der Waals surface area contributed by atoms with Crippen LogP contribution in [0.4, 0.5) is 21.9 Å². The molecule has 2 aliphatic heterocycles. The second-order valence-electron chi connectivity index (χ2n) is 9.29. The molecule has 3 N–H and O–H groups in total. The van der Waals surface area contributed by atoms with Crippen molar-refractivity contribution in [2.75, 3.05) is 41.8 Å². The highest BCUT2D eigenvalue weighted by molar-refractivity contribution is 6.31. The Morgan fingerprint density at radius 3 is 2.44 bits per heavy atom. The van der Waals surface area contributed by atoms with Crippen LogP contribution in [0, 0.1) is 12.8 Å². The van der Waals surface area contributed by atoms with Crippen LogP contribution in [0.15, 0.2) is 36.4 Å². The van der Waals surface area contributed by atoms with E-state index in [9.17, 15) is 9.59 Å². The minimum atomic E-state index is -0.398. The standard InChI is InChI=1S/C26H33ClN4O3/c1-17-9-11-31(12-10-17)24-8-7-19(14-22(24)25(32)28-16-21-4-3-13-34-21)29-26(33)30-20-6-5-18(2)23(27)15-20/h5-8,14-15,17,21H,3-4,9-13,16H2,1-2H3,(H,28,32)(H2,29,30,33)/t21-/m0/s1. The van der Waals surface area contributed by atoms with Crippen molar-refractivity contribution in [1.82, 2.24) is 5.32 Å². The SMILES string of the molecule is Cc1ccc(NC(=O)Nc2ccc(N3CCC(C)CC3)c(C(=O)NC[C@@H]3CCCO3)c2)cc1Cl. The topological polar surface area (TPSA) is 82.7 Å². The predicted molar refractivity (Wildman–Crippen MR) is 137 cm³/mol.